The van der Waals surface area contributed by atoms with E-state index in [4.69, 9.17) is 11.6 Å². The third-order valence-electron chi connectivity index (χ3n) is 3.60. The number of carbonyl (C=O) groups excluding carboxylic acids is 2. The van der Waals surface area contributed by atoms with Crippen LogP contribution in [0.5, 0.6) is 0 Å². The van der Waals surface area contributed by atoms with Gasteiger partial charge in [-0.05, 0) is 24.6 Å². The van der Waals surface area contributed by atoms with Crippen LogP contribution in [-0.2, 0) is 9.59 Å². The van der Waals surface area contributed by atoms with E-state index in [2.05, 4.69) is 15.8 Å². The van der Waals surface area contributed by atoms with Crippen molar-refractivity contribution in [1.82, 2.24) is 5.43 Å². The smallest absolute Gasteiger partial charge is 0.270 e. The number of anilines is 1. The van der Waals surface area contributed by atoms with Crippen LogP contribution < -0.4 is 10.7 Å². The van der Waals surface area contributed by atoms with Crippen molar-refractivity contribution in [3.63, 3.8) is 0 Å². The van der Waals surface area contributed by atoms with Crippen LogP contribution >= 0.6 is 11.6 Å². The number of nitrogens with zero attached hydrogens (tertiary/aromatic N) is 2. The zero-order valence-electron chi connectivity index (χ0n) is 14.4. The molecule has 0 aliphatic rings. The maximum Gasteiger partial charge on any atom is 0.270 e. The third-order valence-corrected chi connectivity index (χ3v) is 4.01. The Morgan fingerprint density at radius 1 is 1.19 bits per heavy atom. The molecule has 0 saturated heterocycles. The van der Waals surface area contributed by atoms with E-state index in [9.17, 15) is 19.7 Å². The van der Waals surface area contributed by atoms with Crippen molar-refractivity contribution in [2.75, 3.05) is 5.32 Å². The summed E-state index contributed by atoms with van der Waals surface area (Å²) in [7, 11) is 0. The lowest BCUT2D eigenvalue weighted by Crippen LogP contribution is -2.20. The van der Waals surface area contributed by atoms with Gasteiger partial charge in [0.25, 0.3) is 5.69 Å². The van der Waals surface area contributed by atoms with Gasteiger partial charge in [-0.1, -0.05) is 29.8 Å². The molecule has 0 spiro atoms. The van der Waals surface area contributed by atoms with Crippen LogP contribution in [0.1, 0.15) is 24.0 Å². The second-order valence-corrected chi connectivity index (χ2v) is 6.01. The van der Waals surface area contributed by atoms with E-state index >= 15 is 0 Å². The number of halogens is 1. The molecular weight excluding hydrogens is 372 g/mol. The lowest BCUT2D eigenvalue weighted by atomic mass is 10.2. The molecule has 2 aromatic carbocycles. The molecule has 9 heteroatoms. The zero-order valence-corrected chi connectivity index (χ0v) is 15.2. The summed E-state index contributed by atoms with van der Waals surface area (Å²) < 4.78 is 0. The van der Waals surface area contributed by atoms with Crippen LogP contribution in [0.25, 0.3) is 0 Å². The molecular formula is C18H17ClN4O4. The van der Waals surface area contributed by atoms with Gasteiger partial charge in [0.15, 0.2) is 0 Å². The van der Waals surface area contributed by atoms with Crippen molar-refractivity contribution in [2.24, 2.45) is 5.10 Å². The second kappa shape index (κ2) is 9.44. The Labute approximate surface area is 160 Å². The summed E-state index contributed by atoms with van der Waals surface area (Å²) in [6.07, 6.45) is 1.21. The van der Waals surface area contributed by atoms with Crippen molar-refractivity contribution < 1.29 is 14.5 Å². The topological polar surface area (TPSA) is 114 Å². The largest absolute Gasteiger partial charge is 0.326 e. The second-order valence-electron chi connectivity index (χ2n) is 5.61. The average Bonchev–Trinajstić information content (AvgIpc) is 2.64. The number of nitro groups is 1. The number of benzene rings is 2. The Bertz CT molecular complexity index is 899. The number of hydrazone groups is 1. The Morgan fingerprint density at radius 2 is 1.89 bits per heavy atom. The molecule has 0 heterocycles. The SMILES string of the molecule is Cc1c(Cl)cccc1NC(=O)CCC(=O)N/N=C\c1cccc([N+](=O)[O-])c1. The maximum absolute atomic E-state index is 11.9. The van der Waals surface area contributed by atoms with Gasteiger partial charge < -0.3 is 5.32 Å². The molecule has 0 fully saturated rings. The molecule has 0 bridgehead atoms. The fourth-order valence-corrected chi connectivity index (χ4v) is 2.31. The van der Waals surface area contributed by atoms with Crippen molar-refractivity contribution in [3.05, 3.63) is 68.7 Å². The number of hydrogen-bond acceptors (Lipinski definition) is 5. The lowest BCUT2D eigenvalue weighted by molar-refractivity contribution is -0.384. The van der Waals surface area contributed by atoms with Gasteiger partial charge in [0.2, 0.25) is 11.8 Å². The molecule has 2 aromatic rings. The Morgan fingerprint density at radius 3 is 2.63 bits per heavy atom. The van der Waals surface area contributed by atoms with Gasteiger partial charge in [0, 0.05) is 41.2 Å². The monoisotopic (exact) mass is 388 g/mol. The highest BCUT2D eigenvalue weighted by Crippen LogP contribution is 2.23. The van der Waals surface area contributed by atoms with Gasteiger partial charge in [-0.2, -0.15) is 5.10 Å². The van der Waals surface area contributed by atoms with Crippen molar-refractivity contribution in [2.45, 2.75) is 19.8 Å². The third kappa shape index (κ3) is 6.19. The van der Waals surface area contributed by atoms with Crippen LogP contribution in [0, 0.1) is 17.0 Å². The van der Waals surface area contributed by atoms with Gasteiger partial charge in [-0.25, -0.2) is 5.43 Å². The number of non-ortho nitro benzene ring substituents is 1. The van der Waals surface area contributed by atoms with Crippen LogP contribution in [0.3, 0.4) is 0 Å². The fraction of sp³-hybridized carbons (Fsp3) is 0.167. The molecule has 8 nitrogen and oxygen atoms in total. The molecule has 0 aromatic heterocycles. The van der Waals surface area contributed by atoms with Crippen LogP contribution in [0.4, 0.5) is 11.4 Å². The van der Waals surface area contributed by atoms with E-state index in [-0.39, 0.29) is 24.4 Å². The number of hydrogen-bond donors (Lipinski definition) is 2. The highest BCUT2D eigenvalue weighted by molar-refractivity contribution is 6.31. The fourth-order valence-electron chi connectivity index (χ4n) is 2.14. The minimum Gasteiger partial charge on any atom is -0.326 e. The minimum absolute atomic E-state index is 0.0237. The van der Waals surface area contributed by atoms with Gasteiger partial charge >= 0.3 is 0 Å². The first-order valence-electron chi connectivity index (χ1n) is 7.98. The van der Waals surface area contributed by atoms with E-state index in [0.717, 1.165) is 5.56 Å². The van der Waals surface area contributed by atoms with E-state index in [1.807, 2.05) is 0 Å². The van der Waals surface area contributed by atoms with E-state index in [1.165, 1.54) is 24.4 Å². The molecule has 0 atom stereocenters. The molecule has 0 unspecified atom stereocenters. The van der Waals surface area contributed by atoms with E-state index < -0.39 is 10.8 Å². The molecule has 0 aliphatic heterocycles. The number of nitro benzene ring substituents is 1. The normalized spacial score (nSPS) is 10.6. The van der Waals surface area contributed by atoms with Gasteiger partial charge in [-0.3, -0.25) is 19.7 Å². The zero-order chi connectivity index (χ0) is 19.8. The molecule has 0 saturated carbocycles. The first-order valence-corrected chi connectivity index (χ1v) is 8.36. The molecule has 2 rings (SSSR count). The first-order chi connectivity index (χ1) is 12.9. The quantitative estimate of drug-likeness (QED) is 0.429. The number of rotatable bonds is 7. The van der Waals surface area contributed by atoms with Gasteiger partial charge in [0.05, 0.1) is 11.1 Å². The molecule has 27 heavy (non-hydrogen) atoms. The van der Waals surface area contributed by atoms with Crippen molar-refractivity contribution in [1.29, 1.82) is 0 Å². The van der Waals surface area contributed by atoms with Crippen LogP contribution in [0.2, 0.25) is 5.02 Å². The standard InChI is InChI=1S/C18H17ClN4O4/c1-12-15(19)6-3-7-16(12)21-17(24)8-9-18(25)22-20-11-13-4-2-5-14(10-13)23(26)27/h2-7,10-11H,8-9H2,1H3,(H,21,24)(H,22,25)/b20-11-. The molecule has 0 radical (unpaired) electrons. The number of nitrogens with one attached hydrogen (secondary N) is 2. The molecule has 0 aliphatic carbocycles. The Hall–Kier alpha value is -3.26. The Balaban J connectivity index is 1.80. The summed E-state index contributed by atoms with van der Waals surface area (Å²) in [6.45, 7) is 1.79. The summed E-state index contributed by atoms with van der Waals surface area (Å²) >= 11 is 5.99. The van der Waals surface area contributed by atoms with Crippen LogP contribution in [0.15, 0.2) is 47.6 Å². The summed E-state index contributed by atoms with van der Waals surface area (Å²) in [5.74, 6) is -0.771. The number of carbonyl (C=O) groups is 2. The van der Waals surface area contributed by atoms with Gasteiger partial charge in [-0.15, -0.1) is 0 Å². The highest BCUT2D eigenvalue weighted by Gasteiger charge is 2.09. The highest BCUT2D eigenvalue weighted by atomic mass is 35.5. The van der Waals surface area contributed by atoms with Gasteiger partial charge in [0.1, 0.15) is 0 Å². The lowest BCUT2D eigenvalue weighted by Gasteiger charge is -2.09. The van der Waals surface area contributed by atoms with Crippen molar-refractivity contribution in [3.8, 4) is 0 Å². The van der Waals surface area contributed by atoms with E-state index in [1.54, 1.807) is 31.2 Å². The van der Waals surface area contributed by atoms with Crippen molar-refractivity contribution >= 4 is 41.0 Å². The molecule has 2 N–H and O–H groups in total. The average molecular weight is 389 g/mol. The summed E-state index contributed by atoms with van der Waals surface area (Å²) in [6, 6.07) is 11.0. The maximum atomic E-state index is 11.9. The Kier molecular flexibility index (Phi) is 7.01. The molecule has 2 amide bonds. The minimum atomic E-state index is -0.518. The summed E-state index contributed by atoms with van der Waals surface area (Å²) in [5.41, 5.74) is 4.02. The number of amides is 2. The molecule has 140 valence electrons. The first kappa shape index (κ1) is 20.1. The predicted octanol–water partition coefficient (Wildman–Crippen LogP) is 3.43. The van der Waals surface area contributed by atoms with E-state index in [0.29, 0.717) is 16.3 Å². The predicted molar refractivity (Wildman–Crippen MR) is 103 cm³/mol. The summed E-state index contributed by atoms with van der Waals surface area (Å²) in [5, 5.41) is 17.7. The van der Waals surface area contributed by atoms with Crippen LogP contribution in [-0.4, -0.2) is 23.0 Å². The summed E-state index contributed by atoms with van der Waals surface area (Å²) in [4.78, 5) is 33.9.